The first-order valence-corrected chi connectivity index (χ1v) is 5.66. The molecule has 0 aromatic carbocycles. The molecule has 2 unspecified atom stereocenters. The van der Waals surface area contributed by atoms with Crippen LogP contribution in [0, 0.1) is 0 Å². The summed E-state index contributed by atoms with van der Waals surface area (Å²) in [5.41, 5.74) is 0.962. The van der Waals surface area contributed by atoms with E-state index in [1.54, 1.807) is 13.3 Å². The highest BCUT2D eigenvalue weighted by Gasteiger charge is 2.20. The van der Waals surface area contributed by atoms with Gasteiger partial charge in [-0.15, -0.1) is 0 Å². The van der Waals surface area contributed by atoms with Gasteiger partial charge in [0, 0.05) is 18.8 Å². The van der Waals surface area contributed by atoms with Crippen LogP contribution in [-0.2, 0) is 4.74 Å². The smallest absolute Gasteiger partial charge is 0.237 e. The molecule has 0 saturated carbocycles. The Morgan fingerprint density at radius 2 is 2.44 bits per heavy atom. The molecule has 0 spiro atoms. The highest BCUT2D eigenvalue weighted by molar-refractivity contribution is 5.52. The van der Waals surface area contributed by atoms with Crippen molar-refractivity contribution in [3.8, 4) is 5.88 Å². The standard InChI is InChI=1S/C12H18N2O2/c1-9-8-10(5-7-16-9)14-11-4-3-6-13-12(11)15-2/h3-4,6,9-10,14H,5,7-8H2,1-2H3. The lowest BCUT2D eigenvalue weighted by Crippen LogP contribution is -2.32. The van der Waals surface area contributed by atoms with Gasteiger partial charge in [0.1, 0.15) is 0 Å². The van der Waals surface area contributed by atoms with Gasteiger partial charge in [-0.3, -0.25) is 0 Å². The van der Waals surface area contributed by atoms with Crippen LogP contribution in [-0.4, -0.2) is 30.8 Å². The molecule has 16 heavy (non-hydrogen) atoms. The summed E-state index contributed by atoms with van der Waals surface area (Å²) < 4.78 is 10.7. The molecule has 2 rings (SSSR count). The fourth-order valence-electron chi connectivity index (χ4n) is 2.01. The zero-order valence-corrected chi connectivity index (χ0v) is 9.77. The summed E-state index contributed by atoms with van der Waals surface area (Å²) in [6.07, 6.45) is 4.12. The van der Waals surface area contributed by atoms with Crippen LogP contribution in [0.5, 0.6) is 5.88 Å². The van der Waals surface area contributed by atoms with Crippen LogP contribution in [0.2, 0.25) is 0 Å². The summed E-state index contributed by atoms with van der Waals surface area (Å²) in [6, 6.07) is 4.35. The van der Waals surface area contributed by atoms with Crippen molar-refractivity contribution in [2.75, 3.05) is 19.0 Å². The number of hydrogen-bond donors (Lipinski definition) is 1. The maximum Gasteiger partial charge on any atom is 0.237 e. The third kappa shape index (κ3) is 2.64. The highest BCUT2D eigenvalue weighted by Crippen LogP contribution is 2.24. The monoisotopic (exact) mass is 222 g/mol. The van der Waals surface area contributed by atoms with Crippen LogP contribution in [0.3, 0.4) is 0 Å². The Hall–Kier alpha value is -1.29. The minimum Gasteiger partial charge on any atom is -0.480 e. The van der Waals surface area contributed by atoms with Crippen molar-refractivity contribution in [3.05, 3.63) is 18.3 Å². The molecule has 88 valence electrons. The van der Waals surface area contributed by atoms with E-state index in [-0.39, 0.29) is 0 Å². The number of anilines is 1. The van der Waals surface area contributed by atoms with E-state index >= 15 is 0 Å². The quantitative estimate of drug-likeness (QED) is 0.850. The third-order valence-corrected chi connectivity index (χ3v) is 2.81. The summed E-state index contributed by atoms with van der Waals surface area (Å²) in [4.78, 5) is 4.17. The molecule has 1 aliphatic rings. The van der Waals surface area contributed by atoms with Crippen molar-refractivity contribution in [1.82, 2.24) is 4.98 Å². The molecule has 0 radical (unpaired) electrons. The van der Waals surface area contributed by atoms with Gasteiger partial charge < -0.3 is 14.8 Å². The zero-order valence-electron chi connectivity index (χ0n) is 9.77. The van der Waals surface area contributed by atoms with E-state index in [0.29, 0.717) is 18.0 Å². The van der Waals surface area contributed by atoms with Gasteiger partial charge in [0.25, 0.3) is 0 Å². The van der Waals surface area contributed by atoms with Crippen molar-refractivity contribution >= 4 is 5.69 Å². The third-order valence-electron chi connectivity index (χ3n) is 2.81. The SMILES string of the molecule is COc1ncccc1NC1CCOC(C)C1. The van der Waals surface area contributed by atoms with Gasteiger partial charge in [-0.25, -0.2) is 4.98 Å². The van der Waals surface area contributed by atoms with Crippen LogP contribution in [0.4, 0.5) is 5.69 Å². The van der Waals surface area contributed by atoms with E-state index in [9.17, 15) is 0 Å². The number of nitrogens with zero attached hydrogens (tertiary/aromatic N) is 1. The largest absolute Gasteiger partial charge is 0.480 e. The van der Waals surface area contributed by atoms with Crippen LogP contribution in [0.15, 0.2) is 18.3 Å². The molecular weight excluding hydrogens is 204 g/mol. The first-order chi connectivity index (χ1) is 7.79. The van der Waals surface area contributed by atoms with Crippen LogP contribution >= 0.6 is 0 Å². The van der Waals surface area contributed by atoms with Gasteiger partial charge in [-0.2, -0.15) is 0 Å². The van der Waals surface area contributed by atoms with Crippen molar-refractivity contribution < 1.29 is 9.47 Å². The van der Waals surface area contributed by atoms with Crippen LogP contribution in [0.1, 0.15) is 19.8 Å². The molecule has 0 bridgehead atoms. The van der Waals surface area contributed by atoms with Crippen molar-refractivity contribution in [2.24, 2.45) is 0 Å². The molecule has 2 heterocycles. The molecule has 0 aliphatic carbocycles. The first kappa shape index (κ1) is 11.2. The number of methoxy groups -OCH3 is 1. The molecule has 1 saturated heterocycles. The number of rotatable bonds is 3. The molecule has 1 aromatic heterocycles. The van der Waals surface area contributed by atoms with Gasteiger partial charge in [0.15, 0.2) is 0 Å². The van der Waals surface area contributed by atoms with E-state index in [4.69, 9.17) is 9.47 Å². The Balaban J connectivity index is 2.02. The average Bonchev–Trinajstić information content (AvgIpc) is 2.30. The molecule has 2 atom stereocenters. The maximum atomic E-state index is 5.52. The summed E-state index contributed by atoms with van der Waals surface area (Å²) in [7, 11) is 1.64. The molecule has 1 aromatic rings. The Morgan fingerprint density at radius 3 is 3.19 bits per heavy atom. The Labute approximate surface area is 96.0 Å². The lowest BCUT2D eigenvalue weighted by molar-refractivity contribution is 0.0232. The molecular formula is C12H18N2O2. The summed E-state index contributed by atoms with van der Waals surface area (Å²) in [5, 5.41) is 3.46. The van der Waals surface area contributed by atoms with E-state index in [1.165, 1.54) is 0 Å². The molecule has 4 heteroatoms. The van der Waals surface area contributed by atoms with Crippen molar-refractivity contribution in [2.45, 2.75) is 31.9 Å². The fraction of sp³-hybridized carbons (Fsp3) is 0.583. The molecule has 4 nitrogen and oxygen atoms in total. The topological polar surface area (TPSA) is 43.4 Å². The van der Waals surface area contributed by atoms with Gasteiger partial charge >= 0.3 is 0 Å². The molecule has 1 N–H and O–H groups in total. The predicted octanol–water partition coefficient (Wildman–Crippen LogP) is 2.07. The van der Waals surface area contributed by atoms with E-state index in [0.717, 1.165) is 25.1 Å². The van der Waals surface area contributed by atoms with Crippen molar-refractivity contribution in [3.63, 3.8) is 0 Å². The number of hydrogen-bond acceptors (Lipinski definition) is 4. The fourth-order valence-corrected chi connectivity index (χ4v) is 2.01. The number of nitrogens with one attached hydrogen (secondary N) is 1. The van der Waals surface area contributed by atoms with E-state index in [1.807, 2.05) is 12.1 Å². The molecule has 1 fully saturated rings. The second kappa shape index (κ2) is 5.16. The molecule has 1 aliphatic heterocycles. The summed E-state index contributed by atoms with van der Waals surface area (Å²) >= 11 is 0. The van der Waals surface area contributed by atoms with Crippen LogP contribution in [0.25, 0.3) is 0 Å². The van der Waals surface area contributed by atoms with Crippen LogP contribution < -0.4 is 10.1 Å². The summed E-state index contributed by atoms with van der Waals surface area (Å²) in [5.74, 6) is 0.654. The van der Waals surface area contributed by atoms with E-state index in [2.05, 4.69) is 17.2 Å². The van der Waals surface area contributed by atoms with Gasteiger partial charge in [-0.05, 0) is 31.9 Å². The lowest BCUT2D eigenvalue weighted by Gasteiger charge is -2.28. The number of ether oxygens (including phenoxy) is 2. The summed E-state index contributed by atoms with van der Waals surface area (Å²) in [6.45, 7) is 2.93. The second-order valence-corrected chi connectivity index (χ2v) is 4.11. The maximum absolute atomic E-state index is 5.52. The first-order valence-electron chi connectivity index (χ1n) is 5.66. The Bertz CT molecular complexity index is 344. The average molecular weight is 222 g/mol. The van der Waals surface area contributed by atoms with Gasteiger partial charge in [0.2, 0.25) is 5.88 Å². The van der Waals surface area contributed by atoms with Crippen molar-refractivity contribution in [1.29, 1.82) is 0 Å². The normalized spacial score (nSPS) is 25.1. The minimum atomic E-state index is 0.328. The number of aromatic nitrogens is 1. The number of pyridine rings is 1. The Kier molecular flexibility index (Phi) is 3.62. The predicted molar refractivity (Wildman–Crippen MR) is 62.8 cm³/mol. The molecule has 0 amide bonds. The zero-order chi connectivity index (χ0) is 11.4. The minimum absolute atomic E-state index is 0.328. The van der Waals surface area contributed by atoms with Gasteiger partial charge in [-0.1, -0.05) is 0 Å². The highest BCUT2D eigenvalue weighted by atomic mass is 16.5. The second-order valence-electron chi connectivity index (χ2n) is 4.11. The van der Waals surface area contributed by atoms with Gasteiger partial charge in [0.05, 0.1) is 18.9 Å². The lowest BCUT2D eigenvalue weighted by atomic mass is 10.0. The Morgan fingerprint density at radius 1 is 1.56 bits per heavy atom. The van der Waals surface area contributed by atoms with E-state index < -0.39 is 0 Å².